The normalized spacial score (nSPS) is 11.0. The summed E-state index contributed by atoms with van der Waals surface area (Å²) >= 11 is 14.8. The van der Waals surface area contributed by atoms with Crippen molar-refractivity contribution in [3.05, 3.63) is 76.1 Å². The molecule has 5 nitrogen and oxygen atoms in total. The quantitative estimate of drug-likeness (QED) is 0.185. The second-order valence-electron chi connectivity index (χ2n) is 7.59. The average Bonchev–Trinajstić information content (AvgIpc) is 3.39. The fourth-order valence-electron chi connectivity index (χ4n) is 3.51. The van der Waals surface area contributed by atoms with Crippen molar-refractivity contribution in [2.75, 3.05) is 17.7 Å². The fourth-order valence-corrected chi connectivity index (χ4v) is 6.28. The molecule has 2 heterocycles. The SMILES string of the molecule is COC(=O)c1sc2cc(NC(=S)Nc3ccc(-c4nc5ccc(C)cc5s4)cc3)ccc2c1Cl. The minimum atomic E-state index is -0.442. The van der Waals surface area contributed by atoms with Gasteiger partial charge in [-0.15, -0.1) is 22.7 Å². The van der Waals surface area contributed by atoms with Crippen molar-refractivity contribution >= 4 is 89.3 Å². The van der Waals surface area contributed by atoms with Crippen LogP contribution >= 0.6 is 46.5 Å². The van der Waals surface area contributed by atoms with Crippen LogP contribution in [0.1, 0.15) is 15.2 Å². The van der Waals surface area contributed by atoms with Crippen LogP contribution in [0.15, 0.2) is 60.7 Å². The van der Waals surface area contributed by atoms with Gasteiger partial charge in [0.1, 0.15) is 9.88 Å². The number of ether oxygens (including phenoxy) is 1. The Bertz CT molecular complexity index is 1560. The highest BCUT2D eigenvalue weighted by Gasteiger charge is 2.18. The lowest BCUT2D eigenvalue weighted by Crippen LogP contribution is -2.18. The standard InChI is InChI=1S/C25H18ClN3O2S3/c1-13-3-10-18-20(11-13)34-23(29-18)14-4-6-15(7-5-14)27-25(32)28-16-8-9-17-19(12-16)33-22(21(17)26)24(30)31-2/h3-12H,1-2H3,(H2,27,28,32). The fraction of sp³-hybridized carbons (Fsp3) is 0.0800. The van der Waals surface area contributed by atoms with Gasteiger partial charge < -0.3 is 15.4 Å². The molecular formula is C25H18ClN3O2S3. The third-order valence-corrected chi connectivity index (χ3v) is 8.10. The van der Waals surface area contributed by atoms with Crippen molar-refractivity contribution in [3.63, 3.8) is 0 Å². The Kier molecular flexibility index (Phi) is 6.22. The van der Waals surface area contributed by atoms with Crippen molar-refractivity contribution in [2.45, 2.75) is 6.92 Å². The Morgan fingerprint density at radius 1 is 0.971 bits per heavy atom. The number of halogens is 1. The number of methoxy groups -OCH3 is 1. The summed E-state index contributed by atoms with van der Waals surface area (Å²) in [6.07, 6.45) is 0. The third kappa shape index (κ3) is 4.50. The molecule has 0 saturated heterocycles. The van der Waals surface area contributed by atoms with Gasteiger partial charge in [0, 0.05) is 27.0 Å². The first kappa shape index (κ1) is 22.7. The molecule has 0 unspecified atom stereocenters. The van der Waals surface area contributed by atoms with E-state index in [1.807, 2.05) is 42.5 Å². The molecule has 0 aliphatic rings. The zero-order valence-electron chi connectivity index (χ0n) is 18.1. The largest absolute Gasteiger partial charge is 0.465 e. The zero-order chi connectivity index (χ0) is 23.8. The van der Waals surface area contributed by atoms with Crippen LogP contribution in [0.4, 0.5) is 11.4 Å². The Morgan fingerprint density at radius 3 is 2.47 bits per heavy atom. The highest BCUT2D eigenvalue weighted by atomic mass is 35.5. The predicted octanol–water partition coefficient (Wildman–Crippen LogP) is 7.74. The van der Waals surface area contributed by atoms with E-state index in [9.17, 15) is 4.79 Å². The molecule has 170 valence electrons. The van der Waals surface area contributed by atoms with Gasteiger partial charge in [0.05, 0.1) is 22.3 Å². The summed E-state index contributed by atoms with van der Waals surface area (Å²) in [4.78, 5) is 17.0. The van der Waals surface area contributed by atoms with Gasteiger partial charge in [-0.1, -0.05) is 17.7 Å². The van der Waals surface area contributed by atoms with E-state index < -0.39 is 5.97 Å². The van der Waals surface area contributed by atoms with E-state index in [1.54, 1.807) is 11.3 Å². The lowest BCUT2D eigenvalue weighted by atomic mass is 10.2. The van der Waals surface area contributed by atoms with Crippen LogP contribution in [0.2, 0.25) is 5.02 Å². The van der Waals surface area contributed by atoms with Gasteiger partial charge in [0.2, 0.25) is 0 Å². The number of fused-ring (bicyclic) bond motifs is 2. The minimum Gasteiger partial charge on any atom is -0.465 e. The average molecular weight is 524 g/mol. The molecule has 0 aliphatic carbocycles. The molecule has 5 aromatic rings. The summed E-state index contributed by atoms with van der Waals surface area (Å²) in [7, 11) is 1.34. The number of aryl methyl sites for hydroxylation is 1. The van der Waals surface area contributed by atoms with E-state index in [2.05, 4.69) is 35.8 Å². The first-order chi connectivity index (χ1) is 16.4. The van der Waals surface area contributed by atoms with Crippen LogP contribution in [-0.4, -0.2) is 23.2 Å². The second kappa shape index (κ2) is 9.31. The van der Waals surface area contributed by atoms with E-state index >= 15 is 0 Å². The first-order valence-electron chi connectivity index (χ1n) is 10.3. The molecule has 0 fully saturated rings. The minimum absolute atomic E-state index is 0.389. The molecule has 0 atom stereocenters. The molecule has 9 heteroatoms. The Balaban J connectivity index is 1.28. The summed E-state index contributed by atoms with van der Waals surface area (Å²) in [5, 5.41) is 9.04. The molecule has 0 bridgehead atoms. The Labute approximate surface area is 214 Å². The maximum atomic E-state index is 11.9. The van der Waals surface area contributed by atoms with Crippen LogP contribution < -0.4 is 10.6 Å². The number of nitrogens with one attached hydrogen (secondary N) is 2. The van der Waals surface area contributed by atoms with Gasteiger partial charge in [0.15, 0.2) is 5.11 Å². The van der Waals surface area contributed by atoms with Crippen LogP contribution in [0.5, 0.6) is 0 Å². The van der Waals surface area contributed by atoms with Gasteiger partial charge in [-0.25, -0.2) is 9.78 Å². The van der Waals surface area contributed by atoms with E-state index in [1.165, 1.54) is 28.7 Å². The second-order valence-corrected chi connectivity index (χ2v) is 10.5. The maximum absolute atomic E-state index is 11.9. The van der Waals surface area contributed by atoms with Crippen molar-refractivity contribution in [3.8, 4) is 10.6 Å². The molecule has 0 saturated carbocycles. The number of thiocarbonyl (C=S) groups is 1. The summed E-state index contributed by atoms with van der Waals surface area (Å²) in [6.45, 7) is 2.09. The number of benzene rings is 3. The van der Waals surface area contributed by atoms with E-state index in [0.29, 0.717) is 15.0 Å². The number of rotatable bonds is 4. The number of carbonyl (C=O) groups excluding carboxylic acids is 1. The van der Waals surface area contributed by atoms with Crippen LogP contribution in [0.3, 0.4) is 0 Å². The van der Waals surface area contributed by atoms with Gasteiger partial charge in [0.25, 0.3) is 0 Å². The van der Waals surface area contributed by atoms with Gasteiger partial charge >= 0.3 is 5.97 Å². The summed E-state index contributed by atoms with van der Waals surface area (Å²) in [5.41, 5.74) is 4.96. The predicted molar refractivity (Wildman–Crippen MR) is 148 cm³/mol. The Hall–Kier alpha value is -3.04. The molecule has 5 rings (SSSR count). The topological polar surface area (TPSA) is 63.2 Å². The van der Waals surface area contributed by atoms with Gasteiger partial charge in [-0.05, 0) is 79.3 Å². The van der Waals surface area contributed by atoms with E-state index in [0.717, 1.165) is 37.5 Å². The number of carbonyl (C=O) groups is 1. The summed E-state index contributed by atoms with van der Waals surface area (Å²) < 4.78 is 6.86. The summed E-state index contributed by atoms with van der Waals surface area (Å²) in [5.74, 6) is -0.442. The molecule has 2 N–H and O–H groups in total. The molecule has 2 aromatic heterocycles. The molecule has 0 spiro atoms. The first-order valence-corrected chi connectivity index (χ1v) is 12.7. The molecule has 3 aromatic carbocycles. The smallest absolute Gasteiger partial charge is 0.349 e. The molecule has 0 amide bonds. The lowest BCUT2D eigenvalue weighted by molar-refractivity contribution is 0.0606. The number of aromatic nitrogens is 1. The number of thiophene rings is 1. The van der Waals surface area contributed by atoms with Crippen molar-refractivity contribution in [1.29, 1.82) is 0 Å². The molecule has 0 aliphatic heterocycles. The van der Waals surface area contributed by atoms with Gasteiger partial charge in [-0.3, -0.25) is 0 Å². The van der Waals surface area contributed by atoms with E-state index in [-0.39, 0.29) is 0 Å². The summed E-state index contributed by atoms with van der Waals surface area (Å²) in [6, 6.07) is 20.0. The molecular weight excluding hydrogens is 506 g/mol. The van der Waals surface area contributed by atoms with Crippen LogP contribution in [0, 0.1) is 6.92 Å². The molecule has 34 heavy (non-hydrogen) atoms. The van der Waals surface area contributed by atoms with E-state index in [4.69, 9.17) is 33.5 Å². The van der Waals surface area contributed by atoms with Crippen molar-refractivity contribution < 1.29 is 9.53 Å². The number of anilines is 2. The maximum Gasteiger partial charge on any atom is 0.349 e. The van der Waals surface area contributed by atoms with Crippen LogP contribution in [0.25, 0.3) is 30.9 Å². The third-order valence-electron chi connectivity index (χ3n) is 5.19. The lowest BCUT2D eigenvalue weighted by Gasteiger charge is -2.11. The number of esters is 1. The van der Waals surface area contributed by atoms with Gasteiger partial charge in [-0.2, -0.15) is 0 Å². The number of hydrogen-bond acceptors (Lipinski definition) is 6. The number of thiazole rings is 1. The zero-order valence-corrected chi connectivity index (χ0v) is 21.3. The Morgan fingerprint density at radius 2 is 1.71 bits per heavy atom. The van der Waals surface area contributed by atoms with Crippen molar-refractivity contribution in [1.82, 2.24) is 4.98 Å². The molecule has 0 radical (unpaired) electrons. The highest BCUT2D eigenvalue weighted by Crippen LogP contribution is 2.37. The monoisotopic (exact) mass is 523 g/mol. The van der Waals surface area contributed by atoms with Crippen LogP contribution in [-0.2, 0) is 4.74 Å². The number of nitrogens with zero attached hydrogens (tertiary/aromatic N) is 1. The van der Waals surface area contributed by atoms with Crippen molar-refractivity contribution in [2.24, 2.45) is 0 Å². The highest BCUT2D eigenvalue weighted by molar-refractivity contribution is 7.80. The number of hydrogen-bond donors (Lipinski definition) is 2.